The molecule has 3 radical (unpaired) electrons. The standard InChI is InChI=1S/C6H10NO/c1-4(2)6(7)5(3)8/h4,6H,7H2,1-2H3/t6-/m0/s1. The lowest BCUT2D eigenvalue weighted by Crippen LogP contribution is -2.33. The van der Waals surface area contributed by atoms with E-state index in [0.29, 0.717) is 0 Å². The van der Waals surface area contributed by atoms with Crippen LogP contribution in [-0.2, 0) is 4.79 Å². The topological polar surface area (TPSA) is 43.1 Å². The monoisotopic (exact) mass is 112 g/mol. The Morgan fingerprint density at radius 1 is 1.62 bits per heavy atom. The number of Topliss-reactive ketones (excluding diaryl/α,β-unsaturated/α-hetero) is 1. The molecule has 0 bridgehead atoms. The summed E-state index contributed by atoms with van der Waals surface area (Å²) in [5.41, 5.74) is 5.22. The highest BCUT2D eigenvalue weighted by molar-refractivity contribution is 5.87. The van der Waals surface area contributed by atoms with Crippen molar-refractivity contribution in [3.8, 4) is 0 Å². The second kappa shape index (κ2) is 2.82. The summed E-state index contributed by atoms with van der Waals surface area (Å²) in [5, 5.41) is 0. The average Bonchev–Trinajstić information content (AvgIpc) is 1.64. The van der Waals surface area contributed by atoms with Gasteiger partial charge < -0.3 is 5.73 Å². The molecule has 0 spiro atoms. The quantitative estimate of drug-likeness (QED) is 0.551. The van der Waals surface area contributed by atoms with Gasteiger partial charge in [0, 0.05) is 0 Å². The highest BCUT2D eigenvalue weighted by Crippen LogP contribution is 1.97. The third-order valence-corrected chi connectivity index (χ3v) is 1.02. The van der Waals surface area contributed by atoms with Gasteiger partial charge >= 0.3 is 0 Å². The molecule has 0 saturated heterocycles. The minimum absolute atomic E-state index is 0.0833. The minimum Gasteiger partial charge on any atom is -0.321 e. The number of nitrogens with two attached hydrogens (primary N) is 1. The van der Waals surface area contributed by atoms with Gasteiger partial charge in [0.2, 0.25) is 0 Å². The Hall–Kier alpha value is -0.370. The lowest BCUT2D eigenvalue weighted by molar-refractivity contribution is -0.116. The first-order chi connectivity index (χ1) is 3.55. The SMILES string of the molecule is [C]C(=O)[C@@H](N)C(C)C. The first kappa shape index (κ1) is 7.63. The minimum atomic E-state index is -0.681. The summed E-state index contributed by atoms with van der Waals surface area (Å²) >= 11 is 0. The zero-order chi connectivity index (χ0) is 6.73. The Bertz CT molecular complexity index is 88.5. The molecule has 0 aromatic heterocycles. The fourth-order valence-electron chi connectivity index (χ4n) is 0.303. The van der Waals surface area contributed by atoms with E-state index in [4.69, 9.17) is 12.7 Å². The smallest absolute Gasteiger partial charge is 0.159 e. The summed E-state index contributed by atoms with van der Waals surface area (Å²) in [4.78, 5) is 10.1. The van der Waals surface area contributed by atoms with E-state index in [-0.39, 0.29) is 5.92 Å². The van der Waals surface area contributed by atoms with E-state index >= 15 is 0 Å². The van der Waals surface area contributed by atoms with Crippen molar-refractivity contribution in [2.24, 2.45) is 11.7 Å². The zero-order valence-electron chi connectivity index (χ0n) is 5.14. The third-order valence-electron chi connectivity index (χ3n) is 1.02. The molecule has 0 amide bonds. The number of ketones is 1. The second-order valence-corrected chi connectivity index (χ2v) is 2.13. The molecule has 2 nitrogen and oxygen atoms in total. The number of hydrogen-bond donors (Lipinski definition) is 1. The molecule has 0 rings (SSSR count). The summed E-state index contributed by atoms with van der Waals surface area (Å²) in [6.07, 6.45) is 0. The van der Waals surface area contributed by atoms with E-state index in [1.165, 1.54) is 0 Å². The normalized spacial score (nSPS) is 14.1. The van der Waals surface area contributed by atoms with E-state index in [1.807, 2.05) is 13.8 Å². The maximum atomic E-state index is 10.1. The Labute approximate surface area is 50.1 Å². The molecule has 45 valence electrons. The van der Waals surface area contributed by atoms with Gasteiger partial charge in [-0.25, -0.2) is 0 Å². The molecule has 0 aliphatic rings. The third kappa shape index (κ3) is 2.07. The molecule has 0 aromatic rings. The van der Waals surface area contributed by atoms with Crippen LogP contribution in [0.15, 0.2) is 0 Å². The zero-order valence-corrected chi connectivity index (χ0v) is 5.14. The van der Waals surface area contributed by atoms with Crippen molar-refractivity contribution < 1.29 is 4.79 Å². The first-order valence-corrected chi connectivity index (χ1v) is 2.56. The molecule has 0 aromatic carbocycles. The van der Waals surface area contributed by atoms with Crippen molar-refractivity contribution >= 4 is 5.78 Å². The largest absolute Gasteiger partial charge is 0.321 e. The van der Waals surface area contributed by atoms with Crippen molar-refractivity contribution in [1.29, 1.82) is 0 Å². The van der Waals surface area contributed by atoms with Gasteiger partial charge in [0.1, 0.15) is 0 Å². The summed E-state index contributed by atoms with van der Waals surface area (Å²) < 4.78 is 0. The molecule has 0 fully saturated rings. The van der Waals surface area contributed by atoms with Crippen molar-refractivity contribution in [1.82, 2.24) is 0 Å². The molecule has 0 saturated carbocycles. The summed E-state index contributed by atoms with van der Waals surface area (Å²) in [7, 11) is 0. The molecular formula is C6H10NO. The summed E-state index contributed by atoms with van der Waals surface area (Å²) in [5.74, 6) is -0.597. The molecule has 8 heavy (non-hydrogen) atoms. The van der Waals surface area contributed by atoms with E-state index in [1.54, 1.807) is 0 Å². The predicted octanol–water partition coefficient (Wildman–Crippen LogP) is 0.127. The fourth-order valence-corrected chi connectivity index (χ4v) is 0.303. The Kier molecular flexibility index (Phi) is 2.69. The van der Waals surface area contributed by atoms with Crippen molar-refractivity contribution in [2.45, 2.75) is 19.9 Å². The molecule has 0 aliphatic carbocycles. The molecule has 0 unspecified atom stereocenters. The van der Waals surface area contributed by atoms with Gasteiger partial charge in [-0.05, 0) is 5.92 Å². The van der Waals surface area contributed by atoms with Crippen LogP contribution in [0.5, 0.6) is 0 Å². The van der Waals surface area contributed by atoms with Gasteiger partial charge in [-0.1, -0.05) is 13.8 Å². The van der Waals surface area contributed by atoms with Crippen LogP contribution in [0.3, 0.4) is 0 Å². The first-order valence-electron chi connectivity index (χ1n) is 2.56. The summed E-state index contributed by atoms with van der Waals surface area (Å²) in [6, 6.07) is -0.602. The van der Waals surface area contributed by atoms with E-state index in [9.17, 15) is 4.79 Å². The number of carbonyl (C=O) groups excluding carboxylic acids is 1. The maximum absolute atomic E-state index is 10.1. The van der Waals surface area contributed by atoms with E-state index in [0.717, 1.165) is 0 Å². The van der Waals surface area contributed by atoms with Crippen LogP contribution in [0.1, 0.15) is 13.8 Å². The van der Waals surface area contributed by atoms with Crippen LogP contribution in [0.25, 0.3) is 0 Å². The Morgan fingerprint density at radius 2 is 2.00 bits per heavy atom. The summed E-state index contributed by atoms with van der Waals surface area (Å²) in [6.45, 7) is 10.2. The van der Waals surface area contributed by atoms with E-state index < -0.39 is 11.8 Å². The molecule has 0 heterocycles. The van der Waals surface area contributed by atoms with Gasteiger partial charge in [0.25, 0.3) is 0 Å². The van der Waals surface area contributed by atoms with Crippen molar-refractivity contribution in [3.63, 3.8) is 0 Å². The van der Waals surface area contributed by atoms with Gasteiger partial charge in [-0.2, -0.15) is 0 Å². The van der Waals surface area contributed by atoms with Crippen LogP contribution < -0.4 is 5.73 Å². The maximum Gasteiger partial charge on any atom is 0.159 e. The fraction of sp³-hybridized carbons (Fsp3) is 0.667. The number of hydrogen-bond acceptors (Lipinski definition) is 2. The predicted molar refractivity (Wildman–Crippen MR) is 31.1 cm³/mol. The van der Waals surface area contributed by atoms with Crippen LogP contribution in [0, 0.1) is 12.8 Å². The van der Waals surface area contributed by atoms with Crippen LogP contribution in [0.2, 0.25) is 0 Å². The van der Waals surface area contributed by atoms with Gasteiger partial charge in [-0.15, -0.1) is 0 Å². The average molecular weight is 112 g/mol. The Balaban J connectivity index is 3.64. The molecular weight excluding hydrogens is 102 g/mol. The van der Waals surface area contributed by atoms with E-state index in [2.05, 4.69) is 0 Å². The van der Waals surface area contributed by atoms with Crippen LogP contribution in [-0.4, -0.2) is 11.8 Å². The van der Waals surface area contributed by atoms with Crippen LogP contribution in [0.4, 0.5) is 0 Å². The highest BCUT2D eigenvalue weighted by atomic mass is 16.1. The lowest BCUT2D eigenvalue weighted by atomic mass is 10.0. The molecule has 2 N–H and O–H groups in total. The Morgan fingerprint density at radius 3 is 2.00 bits per heavy atom. The van der Waals surface area contributed by atoms with Crippen molar-refractivity contribution in [3.05, 3.63) is 6.92 Å². The van der Waals surface area contributed by atoms with Crippen molar-refractivity contribution in [2.75, 3.05) is 0 Å². The van der Waals surface area contributed by atoms with Crippen LogP contribution >= 0.6 is 0 Å². The number of carbonyl (C=O) groups is 1. The van der Waals surface area contributed by atoms with Gasteiger partial charge in [0.05, 0.1) is 13.0 Å². The van der Waals surface area contributed by atoms with Gasteiger partial charge in [-0.3, -0.25) is 4.79 Å². The van der Waals surface area contributed by atoms with Gasteiger partial charge in [0.15, 0.2) is 5.78 Å². The highest BCUT2D eigenvalue weighted by Gasteiger charge is 2.11. The lowest BCUT2D eigenvalue weighted by Gasteiger charge is -2.09. The second-order valence-electron chi connectivity index (χ2n) is 2.13. The molecule has 1 atom stereocenters. The number of rotatable bonds is 2. The molecule has 2 heteroatoms. The molecule has 0 aliphatic heterocycles.